The first-order chi connectivity index (χ1) is 37.3. The number of hydrogen-bond donors (Lipinski definition) is 6. The average molecular weight is 1070 g/mol. The van der Waals surface area contributed by atoms with Gasteiger partial charge in [0.2, 0.25) is 5.91 Å². The molecule has 1 saturated heterocycles. The number of ether oxygens (including phenoxy) is 2. The fourth-order valence-corrected chi connectivity index (χ4v) is 10.4. The van der Waals surface area contributed by atoms with E-state index >= 15 is 0 Å². The summed E-state index contributed by atoms with van der Waals surface area (Å²) in [6, 6.07) is -0.829. The molecule has 0 bridgehead atoms. The zero-order valence-corrected chi connectivity index (χ0v) is 49.8. The Hall–Kier alpha value is -1.85. The second kappa shape index (κ2) is 56.4. The number of unbranched alkanes of at least 4 members (excludes halogenated alkanes) is 41. The van der Waals surface area contributed by atoms with Crippen molar-refractivity contribution in [1.82, 2.24) is 5.32 Å². The molecule has 6 N–H and O–H groups in total. The molecule has 0 aromatic heterocycles. The van der Waals surface area contributed by atoms with Gasteiger partial charge in [-0.25, -0.2) is 0 Å². The summed E-state index contributed by atoms with van der Waals surface area (Å²) >= 11 is 0. The topological polar surface area (TPSA) is 149 Å². The molecular weight excluding hydrogens is 947 g/mol. The Balaban J connectivity index is 2.17. The zero-order chi connectivity index (χ0) is 55.0. The van der Waals surface area contributed by atoms with Gasteiger partial charge in [-0.1, -0.05) is 287 Å². The fourth-order valence-electron chi connectivity index (χ4n) is 10.4. The number of rotatable bonds is 57. The van der Waals surface area contributed by atoms with Crippen LogP contribution in [0.1, 0.15) is 316 Å². The monoisotopic (exact) mass is 1070 g/mol. The van der Waals surface area contributed by atoms with Crippen molar-refractivity contribution in [1.29, 1.82) is 0 Å². The minimum Gasteiger partial charge on any atom is -0.394 e. The van der Waals surface area contributed by atoms with Crippen molar-refractivity contribution in [2.45, 2.75) is 358 Å². The molecule has 1 fully saturated rings. The Morgan fingerprint density at radius 2 is 0.750 bits per heavy atom. The molecule has 76 heavy (non-hydrogen) atoms. The maximum Gasteiger partial charge on any atom is 0.220 e. The molecule has 7 atom stereocenters. The van der Waals surface area contributed by atoms with E-state index in [0.29, 0.717) is 6.42 Å². The van der Waals surface area contributed by atoms with Crippen LogP contribution in [-0.4, -0.2) is 87.5 Å². The first kappa shape index (κ1) is 72.2. The van der Waals surface area contributed by atoms with Crippen molar-refractivity contribution in [3.05, 3.63) is 48.6 Å². The summed E-state index contributed by atoms with van der Waals surface area (Å²) in [5.41, 5.74) is 0. The van der Waals surface area contributed by atoms with E-state index in [-0.39, 0.29) is 12.5 Å². The second-order valence-corrected chi connectivity index (χ2v) is 22.9. The lowest BCUT2D eigenvalue weighted by molar-refractivity contribution is -0.302. The maximum atomic E-state index is 13.1. The van der Waals surface area contributed by atoms with Gasteiger partial charge >= 0.3 is 0 Å². The molecule has 1 aliphatic heterocycles. The Bertz CT molecular complexity index is 1340. The van der Waals surface area contributed by atoms with Crippen molar-refractivity contribution < 1.29 is 39.8 Å². The van der Waals surface area contributed by atoms with E-state index in [1.807, 2.05) is 6.08 Å². The van der Waals surface area contributed by atoms with E-state index in [4.69, 9.17) is 9.47 Å². The third-order valence-corrected chi connectivity index (χ3v) is 15.6. The standard InChI is InChI=1S/C67H125NO8/c1-3-5-7-9-11-13-15-17-19-21-23-25-27-28-29-30-31-32-33-34-35-37-39-41-43-45-47-49-51-53-55-57-63(71)68-60(59-75-67-66(74)65(73)64(72)62(58-69)76-67)61(70)56-54-52-50-48-46-44-42-40-38-36-26-24-22-20-18-16-14-12-10-8-6-4-2/h21,23,38,40,46,48,54,56,60-62,64-67,69-70,72-74H,3-20,22,24-37,39,41-45,47,49-53,55,57-59H2,1-2H3,(H,68,71)/b23-21-,40-38+,48-46+,56-54+. The quantitative estimate of drug-likeness (QED) is 0.0261. The van der Waals surface area contributed by atoms with E-state index in [1.165, 1.54) is 250 Å². The molecule has 1 heterocycles. The van der Waals surface area contributed by atoms with Crippen molar-refractivity contribution in [2.75, 3.05) is 13.2 Å². The zero-order valence-electron chi connectivity index (χ0n) is 49.8. The molecule has 446 valence electrons. The number of carbonyl (C=O) groups excluding carboxylic acids is 1. The van der Waals surface area contributed by atoms with Crippen LogP contribution in [0.25, 0.3) is 0 Å². The van der Waals surface area contributed by atoms with Gasteiger partial charge in [0.05, 0.1) is 25.4 Å². The minimum absolute atomic E-state index is 0.186. The van der Waals surface area contributed by atoms with E-state index < -0.39 is 49.5 Å². The van der Waals surface area contributed by atoms with Crippen LogP contribution in [0.2, 0.25) is 0 Å². The van der Waals surface area contributed by atoms with Crippen molar-refractivity contribution in [3.8, 4) is 0 Å². The van der Waals surface area contributed by atoms with Crippen LogP contribution in [0.3, 0.4) is 0 Å². The van der Waals surface area contributed by atoms with Gasteiger partial charge in [0.15, 0.2) is 6.29 Å². The van der Waals surface area contributed by atoms with Crippen LogP contribution in [0.5, 0.6) is 0 Å². The SMILES string of the molecule is CCCCCCCCCC/C=C\CCCCCCCCCCCCCCCCCCCCCC(=O)NC(COC1OC(CO)C(O)C(O)C1O)C(O)/C=C/CC/C=C/CC/C=C/CCCCCCCCCCCCCC. The molecule has 9 heteroatoms. The second-order valence-electron chi connectivity index (χ2n) is 22.9. The molecule has 0 aromatic carbocycles. The number of hydrogen-bond acceptors (Lipinski definition) is 8. The van der Waals surface area contributed by atoms with E-state index in [1.54, 1.807) is 6.08 Å². The first-order valence-electron chi connectivity index (χ1n) is 32.9. The Labute approximate surface area is 469 Å². The summed E-state index contributed by atoms with van der Waals surface area (Å²) in [4.78, 5) is 13.1. The smallest absolute Gasteiger partial charge is 0.220 e. The van der Waals surface area contributed by atoms with Crippen LogP contribution in [-0.2, 0) is 14.3 Å². The number of allylic oxidation sites excluding steroid dienone is 7. The molecule has 1 amide bonds. The lowest BCUT2D eigenvalue weighted by Gasteiger charge is -2.40. The lowest BCUT2D eigenvalue weighted by Crippen LogP contribution is -2.60. The van der Waals surface area contributed by atoms with Crippen molar-refractivity contribution in [2.24, 2.45) is 0 Å². The highest BCUT2D eigenvalue weighted by Gasteiger charge is 2.44. The molecule has 0 radical (unpaired) electrons. The highest BCUT2D eigenvalue weighted by molar-refractivity contribution is 5.76. The lowest BCUT2D eigenvalue weighted by atomic mass is 9.99. The van der Waals surface area contributed by atoms with E-state index in [2.05, 4.69) is 55.6 Å². The van der Waals surface area contributed by atoms with Gasteiger partial charge in [0.25, 0.3) is 0 Å². The normalized spacial score (nSPS) is 19.1. The first-order valence-corrected chi connectivity index (χ1v) is 32.9. The highest BCUT2D eigenvalue weighted by Crippen LogP contribution is 2.23. The Kier molecular flexibility index (Phi) is 53.6. The third-order valence-electron chi connectivity index (χ3n) is 15.6. The molecule has 7 unspecified atom stereocenters. The number of carbonyl (C=O) groups is 1. The number of nitrogens with one attached hydrogen (secondary N) is 1. The number of aliphatic hydroxyl groups excluding tert-OH is 5. The van der Waals surface area contributed by atoms with Crippen molar-refractivity contribution >= 4 is 5.91 Å². The molecular formula is C67H125NO8. The van der Waals surface area contributed by atoms with Gasteiger partial charge in [-0.15, -0.1) is 0 Å². The van der Waals surface area contributed by atoms with Gasteiger partial charge in [-0.05, 0) is 70.6 Å². The maximum absolute atomic E-state index is 13.1. The molecule has 0 aliphatic carbocycles. The van der Waals surface area contributed by atoms with Crippen LogP contribution in [0.15, 0.2) is 48.6 Å². The highest BCUT2D eigenvalue weighted by atomic mass is 16.7. The summed E-state index contributed by atoms with van der Waals surface area (Å²) in [6.45, 7) is 3.79. The summed E-state index contributed by atoms with van der Waals surface area (Å²) in [5.74, 6) is -0.186. The van der Waals surface area contributed by atoms with Crippen LogP contribution in [0, 0.1) is 0 Å². The van der Waals surface area contributed by atoms with Crippen molar-refractivity contribution in [3.63, 3.8) is 0 Å². The average Bonchev–Trinajstić information content (AvgIpc) is 3.42. The van der Waals surface area contributed by atoms with E-state index in [0.717, 1.165) is 44.9 Å². The largest absolute Gasteiger partial charge is 0.394 e. The minimum atomic E-state index is -1.58. The van der Waals surface area contributed by atoms with Crippen LogP contribution < -0.4 is 5.32 Å². The fraction of sp³-hybridized carbons (Fsp3) is 0.866. The van der Waals surface area contributed by atoms with Gasteiger partial charge in [0.1, 0.15) is 24.4 Å². The molecule has 0 spiro atoms. The van der Waals surface area contributed by atoms with Gasteiger partial charge in [0, 0.05) is 6.42 Å². The van der Waals surface area contributed by atoms with E-state index in [9.17, 15) is 30.3 Å². The summed E-state index contributed by atoms with van der Waals surface area (Å²) in [6.07, 6.45) is 69.2. The van der Waals surface area contributed by atoms with Crippen LogP contribution in [0.4, 0.5) is 0 Å². The Morgan fingerprint density at radius 1 is 0.434 bits per heavy atom. The molecule has 1 rings (SSSR count). The number of amides is 1. The molecule has 0 saturated carbocycles. The molecule has 9 nitrogen and oxygen atoms in total. The number of aliphatic hydroxyl groups is 5. The predicted octanol–water partition coefficient (Wildman–Crippen LogP) is 17.2. The van der Waals surface area contributed by atoms with Gasteiger partial charge < -0.3 is 40.3 Å². The molecule has 1 aliphatic rings. The summed E-state index contributed by atoms with van der Waals surface area (Å²) < 4.78 is 11.3. The van der Waals surface area contributed by atoms with Gasteiger partial charge in [-0.3, -0.25) is 4.79 Å². The van der Waals surface area contributed by atoms with Crippen LogP contribution >= 0.6 is 0 Å². The van der Waals surface area contributed by atoms with Gasteiger partial charge in [-0.2, -0.15) is 0 Å². The molecule has 0 aromatic rings. The third kappa shape index (κ3) is 44.9. The Morgan fingerprint density at radius 3 is 1.11 bits per heavy atom. The summed E-state index contributed by atoms with van der Waals surface area (Å²) in [7, 11) is 0. The summed E-state index contributed by atoms with van der Waals surface area (Å²) in [5, 5.41) is 54.6. The predicted molar refractivity (Wildman–Crippen MR) is 323 cm³/mol.